The zero-order valence-electron chi connectivity index (χ0n) is 15.1. The first-order chi connectivity index (χ1) is 13.1. The van der Waals surface area contributed by atoms with Gasteiger partial charge in [0.25, 0.3) is 0 Å². The molecule has 0 saturated carbocycles. The average molecular weight is 397 g/mol. The zero-order valence-corrected chi connectivity index (χ0v) is 16.6. The lowest BCUT2D eigenvalue weighted by molar-refractivity contribution is 0.863. The topological polar surface area (TPSA) is 68.0 Å². The number of nitrogens with one attached hydrogen (secondary N) is 1. The molecule has 0 aliphatic rings. The van der Waals surface area contributed by atoms with Crippen molar-refractivity contribution in [1.29, 1.82) is 0 Å². The molecule has 0 saturated heterocycles. The highest BCUT2D eigenvalue weighted by Gasteiger charge is 2.14. The second kappa shape index (κ2) is 7.09. The van der Waals surface area contributed by atoms with Crippen LogP contribution in [-0.2, 0) is 0 Å². The van der Waals surface area contributed by atoms with E-state index in [9.17, 15) is 0 Å². The Labute approximate surface area is 165 Å². The van der Waals surface area contributed by atoms with Crippen LogP contribution in [0.25, 0.3) is 15.9 Å². The number of para-hydroxylation sites is 1. The molecule has 0 atom stereocenters. The van der Waals surface area contributed by atoms with Gasteiger partial charge in [-0.2, -0.15) is 10.2 Å². The van der Waals surface area contributed by atoms with Gasteiger partial charge in [-0.25, -0.2) is 14.6 Å². The summed E-state index contributed by atoms with van der Waals surface area (Å²) in [4.78, 5) is 10.8. The lowest BCUT2D eigenvalue weighted by Gasteiger charge is -2.02. The van der Waals surface area contributed by atoms with Crippen LogP contribution >= 0.6 is 22.9 Å². The highest BCUT2D eigenvalue weighted by Crippen LogP contribution is 2.32. The van der Waals surface area contributed by atoms with E-state index in [2.05, 4.69) is 39.4 Å². The largest absolute Gasteiger partial charge is 0.261 e. The molecule has 0 fully saturated rings. The summed E-state index contributed by atoms with van der Waals surface area (Å²) in [7, 11) is 0. The van der Waals surface area contributed by atoms with Gasteiger partial charge in [0.1, 0.15) is 16.3 Å². The molecule has 1 N–H and O–H groups in total. The summed E-state index contributed by atoms with van der Waals surface area (Å²) >= 11 is 8.18. The molecule has 0 bridgehead atoms. The molecule has 136 valence electrons. The summed E-state index contributed by atoms with van der Waals surface area (Å²) < 4.78 is 1.70. The maximum Gasteiger partial charge on any atom is 0.158 e. The smallest absolute Gasteiger partial charge is 0.158 e. The third kappa shape index (κ3) is 3.20. The first-order valence-electron chi connectivity index (χ1n) is 8.36. The zero-order chi connectivity index (χ0) is 19.0. The van der Waals surface area contributed by atoms with Crippen LogP contribution in [0.3, 0.4) is 0 Å². The third-order valence-corrected chi connectivity index (χ3v) is 5.86. The van der Waals surface area contributed by atoms with Gasteiger partial charge in [0.2, 0.25) is 0 Å². The number of aryl methyl sites for hydroxylation is 3. The molecule has 3 heterocycles. The number of hydrogen-bond acceptors (Lipinski definition) is 6. The van der Waals surface area contributed by atoms with Gasteiger partial charge >= 0.3 is 0 Å². The fourth-order valence-electron chi connectivity index (χ4n) is 2.82. The van der Waals surface area contributed by atoms with Gasteiger partial charge in [-0.05, 0) is 38.5 Å². The van der Waals surface area contributed by atoms with Crippen molar-refractivity contribution in [3.8, 4) is 5.69 Å². The van der Waals surface area contributed by atoms with Crippen molar-refractivity contribution >= 4 is 45.2 Å². The molecular formula is C19H17ClN6S. The monoisotopic (exact) mass is 396 g/mol. The van der Waals surface area contributed by atoms with Gasteiger partial charge in [-0.1, -0.05) is 29.8 Å². The highest BCUT2D eigenvalue weighted by molar-refractivity contribution is 7.18. The van der Waals surface area contributed by atoms with Crippen LogP contribution in [0.1, 0.15) is 21.7 Å². The Bertz CT molecular complexity index is 1150. The molecule has 6 nitrogen and oxygen atoms in total. The Hall–Kier alpha value is -2.77. The molecule has 4 aromatic rings. The van der Waals surface area contributed by atoms with Gasteiger partial charge < -0.3 is 0 Å². The number of halogens is 1. The van der Waals surface area contributed by atoms with Crippen LogP contribution in [0.15, 0.2) is 41.8 Å². The molecule has 0 amide bonds. The third-order valence-electron chi connectivity index (χ3n) is 4.38. The summed E-state index contributed by atoms with van der Waals surface area (Å²) in [6, 6.07) is 9.76. The van der Waals surface area contributed by atoms with Crippen molar-refractivity contribution in [2.75, 3.05) is 5.43 Å². The molecule has 0 unspecified atom stereocenters. The predicted molar refractivity (Wildman–Crippen MR) is 111 cm³/mol. The molecule has 0 aliphatic carbocycles. The maximum atomic E-state index is 6.53. The fourth-order valence-corrected chi connectivity index (χ4v) is 4.14. The molecule has 27 heavy (non-hydrogen) atoms. The molecule has 0 spiro atoms. The van der Waals surface area contributed by atoms with E-state index >= 15 is 0 Å². The Morgan fingerprint density at radius 2 is 1.93 bits per heavy atom. The van der Waals surface area contributed by atoms with Gasteiger partial charge in [0, 0.05) is 4.88 Å². The van der Waals surface area contributed by atoms with Gasteiger partial charge in [-0.3, -0.25) is 5.43 Å². The number of nitrogens with zero attached hydrogens (tertiary/aromatic N) is 5. The minimum absolute atomic E-state index is 0.514. The minimum atomic E-state index is 0.514. The normalized spacial score (nSPS) is 11.6. The second-order valence-corrected chi connectivity index (χ2v) is 7.65. The number of thiophene rings is 1. The molecule has 0 radical (unpaired) electrons. The summed E-state index contributed by atoms with van der Waals surface area (Å²) in [6.07, 6.45) is 3.22. The van der Waals surface area contributed by atoms with Crippen molar-refractivity contribution in [3.05, 3.63) is 63.5 Å². The maximum absolute atomic E-state index is 6.53. The standard InChI is InChI=1S/C19H17ClN6S/c1-11-13(3)27-19-16(11)18(21-10-22-19)24-23-9-15-12(2)25-26(17(15)20)14-7-5-4-6-8-14/h4-10H,1-3H3,(H,21,22,24)/b23-9+. The highest BCUT2D eigenvalue weighted by atomic mass is 35.5. The van der Waals surface area contributed by atoms with E-state index in [0.29, 0.717) is 11.0 Å². The van der Waals surface area contributed by atoms with Crippen molar-refractivity contribution in [1.82, 2.24) is 19.7 Å². The number of aromatic nitrogens is 4. The van der Waals surface area contributed by atoms with E-state index in [1.165, 1.54) is 10.4 Å². The van der Waals surface area contributed by atoms with E-state index in [0.717, 1.165) is 27.2 Å². The van der Waals surface area contributed by atoms with Crippen molar-refractivity contribution < 1.29 is 0 Å². The van der Waals surface area contributed by atoms with Crippen molar-refractivity contribution in [2.45, 2.75) is 20.8 Å². The van der Waals surface area contributed by atoms with Crippen LogP contribution in [-0.4, -0.2) is 26.0 Å². The summed E-state index contributed by atoms with van der Waals surface area (Å²) in [5, 5.41) is 10.4. The van der Waals surface area contributed by atoms with Crippen LogP contribution in [0, 0.1) is 20.8 Å². The van der Waals surface area contributed by atoms with Gasteiger partial charge in [0.15, 0.2) is 5.82 Å². The number of hydrogen-bond donors (Lipinski definition) is 1. The van der Waals surface area contributed by atoms with Gasteiger partial charge in [0.05, 0.1) is 28.5 Å². The minimum Gasteiger partial charge on any atom is -0.261 e. The Morgan fingerprint density at radius 1 is 1.15 bits per heavy atom. The Morgan fingerprint density at radius 3 is 2.70 bits per heavy atom. The molecule has 8 heteroatoms. The molecule has 4 rings (SSSR count). The number of fused-ring (bicyclic) bond motifs is 1. The van der Waals surface area contributed by atoms with Crippen molar-refractivity contribution in [2.24, 2.45) is 5.10 Å². The lowest BCUT2D eigenvalue weighted by atomic mass is 10.2. The van der Waals surface area contributed by atoms with Gasteiger partial charge in [-0.15, -0.1) is 11.3 Å². The van der Waals surface area contributed by atoms with E-state index in [4.69, 9.17) is 11.6 Å². The van der Waals surface area contributed by atoms with E-state index in [1.54, 1.807) is 28.6 Å². The van der Waals surface area contributed by atoms with Crippen LogP contribution in [0.5, 0.6) is 0 Å². The summed E-state index contributed by atoms with van der Waals surface area (Å²) in [5.74, 6) is 0.683. The van der Waals surface area contributed by atoms with E-state index in [1.807, 2.05) is 37.3 Å². The molecular weight excluding hydrogens is 380 g/mol. The first kappa shape index (κ1) is 17.6. The average Bonchev–Trinajstić information content (AvgIpc) is 3.13. The summed E-state index contributed by atoms with van der Waals surface area (Å²) in [6.45, 7) is 6.05. The number of anilines is 1. The lowest BCUT2D eigenvalue weighted by Crippen LogP contribution is -1.97. The molecule has 0 aliphatic heterocycles. The quantitative estimate of drug-likeness (QED) is 0.393. The summed E-state index contributed by atoms with van der Waals surface area (Å²) in [5.41, 5.74) is 6.65. The van der Waals surface area contributed by atoms with Crippen LogP contribution < -0.4 is 5.43 Å². The number of hydrazone groups is 1. The molecule has 3 aromatic heterocycles. The van der Waals surface area contributed by atoms with Crippen LogP contribution in [0.2, 0.25) is 5.15 Å². The van der Waals surface area contributed by atoms with Crippen LogP contribution in [0.4, 0.5) is 5.82 Å². The molecule has 1 aromatic carbocycles. The Balaban J connectivity index is 1.64. The van der Waals surface area contributed by atoms with E-state index in [-0.39, 0.29) is 0 Å². The van der Waals surface area contributed by atoms with E-state index < -0.39 is 0 Å². The SMILES string of the molecule is Cc1nn(-c2ccccc2)c(Cl)c1/C=N/Nc1ncnc2sc(C)c(C)c12. The number of rotatable bonds is 4. The predicted octanol–water partition coefficient (Wildman–Crippen LogP) is 4.90. The first-order valence-corrected chi connectivity index (χ1v) is 9.56. The van der Waals surface area contributed by atoms with Crippen molar-refractivity contribution in [3.63, 3.8) is 0 Å². The second-order valence-electron chi connectivity index (χ2n) is 6.09. The number of benzene rings is 1. The fraction of sp³-hybridized carbons (Fsp3) is 0.158. The Kier molecular flexibility index (Phi) is 4.63.